The van der Waals surface area contributed by atoms with E-state index >= 15 is 0 Å². The van der Waals surface area contributed by atoms with Crippen molar-refractivity contribution in [3.63, 3.8) is 0 Å². The monoisotopic (exact) mass is 412 g/mol. The van der Waals surface area contributed by atoms with Gasteiger partial charge in [0.1, 0.15) is 5.75 Å². The maximum absolute atomic E-state index is 12.2. The van der Waals surface area contributed by atoms with Crippen molar-refractivity contribution in [3.8, 4) is 5.75 Å². The Morgan fingerprint density at radius 2 is 1.67 bits per heavy atom. The highest BCUT2D eigenvalue weighted by Crippen LogP contribution is 2.18. The molecule has 0 saturated carbocycles. The van der Waals surface area contributed by atoms with E-state index in [9.17, 15) is 14.4 Å². The molecule has 0 aliphatic heterocycles. The Balaban J connectivity index is 1.76. The molecule has 160 valence electrons. The average Bonchev–Trinajstić information content (AvgIpc) is 2.71. The molecule has 0 bridgehead atoms. The van der Waals surface area contributed by atoms with Crippen LogP contribution < -0.4 is 26.2 Å². The first kappa shape index (κ1) is 22.7. The molecule has 0 spiro atoms. The van der Waals surface area contributed by atoms with E-state index in [2.05, 4.69) is 21.5 Å². The second kappa shape index (κ2) is 10.8. The summed E-state index contributed by atoms with van der Waals surface area (Å²) < 4.78 is 5.50. The molecule has 0 radical (unpaired) electrons. The predicted molar refractivity (Wildman–Crippen MR) is 114 cm³/mol. The molecule has 0 aromatic heterocycles. The third kappa shape index (κ3) is 7.46. The summed E-state index contributed by atoms with van der Waals surface area (Å²) >= 11 is 0. The molecule has 4 amide bonds. The number of benzene rings is 2. The molecule has 2 aromatic rings. The van der Waals surface area contributed by atoms with Gasteiger partial charge in [0.15, 0.2) is 6.61 Å². The Morgan fingerprint density at radius 1 is 0.967 bits per heavy atom. The summed E-state index contributed by atoms with van der Waals surface area (Å²) in [6.45, 7) is 7.71. The Labute approximate surface area is 176 Å². The Hall–Kier alpha value is -3.55. The highest BCUT2D eigenvalue weighted by Gasteiger charge is 2.09. The SMILES string of the molecule is Cc1ccc(C)c(OCC(=O)NNC(=O)c2ccc(CNC(=O)NC(C)C)cc2)c1. The second-order valence-electron chi connectivity index (χ2n) is 7.24. The molecule has 0 aliphatic carbocycles. The fraction of sp³-hybridized carbons (Fsp3) is 0.318. The topological polar surface area (TPSA) is 109 Å². The maximum Gasteiger partial charge on any atom is 0.315 e. The first-order valence-electron chi connectivity index (χ1n) is 9.67. The van der Waals surface area contributed by atoms with Gasteiger partial charge in [-0.1, -0.05) is 24.3 Å². The number of carbonyl (C=O) groups is 3. The number of amides is 4. The highest BCUT2D eigenvalue weighted by atomic mass is 16.5. The predicted octanol–water partition coefficient (Wildman–Crippen LogP) is 2.35. The molecule has 2 aromatic carbocycles. The molecule has 0 unspecified atom stereocenters. The molecular formula is C22H28N4O4. The Morgan fingerprint density at radius 3 is 2.33 bits per heavy atom. The highest BCUT2D eigenvalue weighted by molar-refractivity contribution is 5.95. The minimum absolute atomic E-state index is 0.0533. The van der Waals surface area contributed by atoms with Crippen LogP contribution in [0.3, 0.4) is 0 Å². The van der Waals surface area contributed by atoms with E-state index in [0.29, 0.717) is 17.9 Å². The number of hydrogen-bond donors (Lipinski definition) is 4. The maximum atomic E-state index is 12.2. The van der Waals surface area contributed by atoms with E-state index in [1.807, 2.05) is 45.9 Å². The van der Waals surface area contributed by atoms with Crippen LogP contribution in [0.1, 0.15) is 40.9 Å². The molecular weight excluding hydrogens is 384 g/mol. The zero-order chi connectivity index (χ0) is 22.1. The molecule has 0 atom stereocenters. The van der Waals surface area contributed by atoms with Crippen molar-refractivity contribution in [2.75, 3.05) is 6.61 Å². The average molecular weight is 412 g/mol. The van der Waals surface area contributed by atoms with Gasteiger partial charge in [-0.2, -0.15) is 0 Å². The van der Waals surface area contributed by atoms with Gasteiger partial charge in [0.25, 0.3) is 11.8 Å². The van der Waals surface area contributed by atoms with Gasteiger partial charge in [-0.15, -0.1) is 0 Å². The summed E-state index contributed by atoms with van der Waals surface area (Å²) in [5.41, 5.74) is 7.86. The smallest absolute Gasteiger partial charge is 0.315 e. The van der Waals surface area contributed by atoms with E-state index in [-0.39, 0.29) is 18.7 Å². The summed E-state index contributed by atoms with van der Waals surface area (Å²) in [4.78, 5) is 35.7. The van der Waals surface area contributed by atoms with Crippen LogP contribution in [0.5, 0.6) is 5.75 Å². The fourth-order valence-electron chi connectivity index (χ4n) is 2.51. The van der Waals surface area contributed by atoms with E-state index < -0.39 is 11.8 Å². The lowest BCUT2D eigenvalue weighted by molar-refractivity contribution is -0.123. The molecule has 30 heavy (non-hydrogen) atoms. The zero-order valence-corrected chi connectivity index (χ0v) is 17.7. The van der Waals surface area contributed by atoms with Crippen LogP contribution in [0.4, 0.5) is 4.79 Å². The van der Waals surface area contributed by atoms with Crippen LogP contribution in [0, 0.1) is 13.8 Å². The lowest BCUT2D eigenvalue weighted by Gasteiger charge is -2.12. The van der Waals surface area contributed by atoms with Crippen molar-refractivity contribution in [1.82, 2.24) is 21.5 Å². The van der Waals surface area contributed by atoms with Crippen LogP contribution in [-0.2, 0) is 11.3 Å². The molecule has 4 N–H and O–H groups in total. The Kier molecular flexibility index (Phi) is 8.22. The quantitative estimate of drug-likeness (QED) is 0.524. The van der Waals surface area contributed by atoms with Crippen molar-refractivity contribution in [2.45, 2.75) is 40.3 Å². The molecule has 8 heteroatoms. The minimum Gasteiger partial charge on any atom is -0.483 e. The number of hydrazine groups is 1. The first-order valence-corrected chi connectivity index (χ1v) is 9.67. The van der Waals surface area contributed by atoms with Gasteiger partial charge in [0, 0.05) is 18.2 Å². The van der Waals surface area contributed by atoms with E-state index in [1.54, 1.807) is 24.3 Å². The molecule has 8 nitrogen and oxygen atoms in total. The molecule has 0 heterocycles. The molecule has 2 rings (SSSR count). The minimum atomic E-state index is -0.471. The summed E-state index contributed by atoms with van der Waals surface area (Å²) in [5.74, 6) is -0.295. The number of urea groups is 1. The van der Waals surface area contributed by atoms with Gasteiger partial charge >= 0.3 is 6.03 Å². The number of aryl methyl sites for hydroxylation is 2. The summed E-state index contributed by atoms with van der Waals surface area (Å²) in [7, 11) is 0. The summed E-state index contributed by atoms with van der Waals surface area (Å²) in [6, 6.07) is 12.2. The second-order valence-corrected chi connectivity index (χ2v) is 7.24. The largest absolute Gasteiger partial charge is 0.483 e. The van der Waals surface area contributed by atoms with Crippen molar-refractivity contribution < 1.29 is 19.1 Å². The number of hydrogen-bond acceptors (Lipinski definition) is 4. The van der Waals surface area contributed by atoms with Crippen molar-refractivity contribution in [2.24, 2.45) is 0 Å². The molecule has 0 fully saturated rings. The number of nitrogens with one attached hydrogen (secondary N) is 4. The van der Waals surface area contributed by atoms with E-state index in [0.717, 1.165) is 16.7 Å². The third-order valence-electron chi connectivity index (χ3n) is 4.11. The number of carbonyl (C=O) groups excluding carboxylic acids is 3. The lowest BCUT2D eigenvalue weighted by Crippen LogP contribution is -2.43. The fourth-order valence-corrected chi connectivity index (χ4v) is 2.51. The van der Waals surface area contributed by atoms with Crippen molar-refractivity contribution in [3.05, 3.63) is 64.7 Å². The standard InChI is InChI=1S/C22H28N4O4/c1-14(2)24-22(29)23-12-17-7-9-18(10-8-17)21(28)26-25-20(27)13-30-19-11-15(3)5-6-16(19)4/h5-11,14H,12-13H2,1-4H3,(H,25,27)(H,26,28)(H2,23,24,29). The molecule has 0 aliphatic rings. The van der Waals surface area contributed by atoms with Gasteiger partial charge in [0.05, 0.1) is 0 Å². The van der Waals surface area contributed by atoms with Gasteiger partial charge in [-0.3, -0.25) is 20.4 Å². The number of ether oxygens (including phenoxy) is 1. The van der Waals surface area contributed by atoms with Crippen molar-refractivity contribution in [1.29, 1.82) is 0 Å². The Bertz CT molecular complexity index is 895. The van der Waals surface area contributed by atoms with Crippen LogP contribution >= 0.6 is 0 Å². The van der Waals surface area contributed by atoms with Gasteiger partial charge in [0.2, 0.25) is 0 Å². The van der Waals surface area contributed by atoms with Gasteiger partial charge in [-0.25, -0.2) is 4.79 Å². The summed E-state index contributed by atoms with van der Waals surface area (Å²) in [6.07, 6.45) is 0. The van der Waals surface area contributed by atoms with Crippen LogP contribution in [0.25, 0.3) is 0 Å². The van der Waals surface area contributed by atoms with Gasteiger partial charge < -0.3 is 15.4 Å². The first-order chi connectivity index (χ1) is 14.2. The third-order valence-corrected chi connectivity index (χ3v) is 4.11. The van der Waals surface area contributed by atoms with Gasteiger partial charge in [-0.05, 0) is 62.6 Å². The van der Waals surface area contributed by atoms with E-state index in [1.165, 1.54) is 0 Å². The number of rotatable bonds is 7. The van der Waals surface area contributed by atoms with Crippen LogP contribution in [0.2, 0.25) is 0 Å². The van der Waals surface area contributed by atoms with E-state index in [4.69, 9.17) is 4.74 Å². The zero-order valence-electron chi connectivity index (χ0n) is 17.7. The lowest BCUT2D eigenvalue weighted by atomic mass is 10.1. The normalized spacial score (nSPS) is 10.3. The van der Waals surface area contributed by atoms with Crippen LogP contribution in [-0.4, -0.2) is 30.5 Å². The van der Waals surface area contributed by atoms with Crippen molar-refractivity contribution >= 4 is 17.8 Å². The van der Waals surface area contributed by atoms with Crippen LogP contribution in [0.15, 0.2) is 42.5 Å². The molecule has 0 saturated heterocycles. The summed E-state index contributed by atoms with van der Waals surface area (Å²) in [5, 5.41) is 5.46.